The Morgan fingerprint density at radius 1 is 1.19 bits per heavy atom. The van der Waals surface area contributed by atoms with Crippen LogP contribution in [0.4, 0.5) is 5.69 Å². The minimum atomic E-state index is -3.31. The molecule has 0 radical (unpaired) electrons. The second-order valence-electron chi connectivity index (χ2n) is 8.47. The molecule has 0 aliphatic carbocycles. The van der Waals surface area contributed by atoms with Gasteiger partial charge < -0.3 is 10.6 Å². The van der Waals surface area contributed by atoms with E-state index >= 15 is 0 Å². The molecule has 1 saturated heterocycles. The van der Waals surface area contributed by atoms with Crippen molar-refractivity contribution in [1.82, 2.24) is 4.90 Å². The van der Waals surface area contributed by atoms with Crippen molar-refractivity contribution in [3.05, 3.63) is 23.8 Å². The Morgan fingerprint density at radius 2 is 1.93 bits per heavy atom. The van der Waals surface area contributed by atoms with Crippen LogP contribution in [0.3, 0.4) is 0 Å². The van der Waals surface area contributed by atoms with Crippen LogP contribution in [-0.4, -0.2) is 38.7 Å². The number of nitrogens with two attached hydrogens (primary N) is 1. The van der Waals surface area contributed by atoms with Gasteiger partial charge in [0.15, 0.2) is 9.84 Å². The number of anilines is 1. The quantitative estimate of drug-likeness (QED) is 0.490. The summed E-state index contributed by atoms with van der Waals surface area (Å²) < 4.78 is 25.2. The molecule has 1 aliphatic rings. The van der Waals surface area contributed by atoms with E-state index in [1.807, 2.05) is 19.1 Å². The fraction of sp³-hybridized carbons (Fsp3) is 0.727. The summed E-state index contributed by atoms with van der Waals surface area (Å²) >= 11 is 0. The molecule has 1 fully saturated rings. The summed E-state index contributed by atoms with van der Waals surface area (Å²) in [6.45, 7) is 11.9. The zero-order valence-electron chi connectivity index (χ0n) is 17.6. The van der Waals surface area contributed by atoms with E-state index in [-0.39, 0.29) is 11.2 Å². The Morgan fingerprint density at radius 3 is 2.56 bits per heavy atom. The molecule has 0 aromatic heterocycles. The highest BCUT2D eigenvalue weighted by atomic mass is 32.2. The molecule has 2 rings (SSSR count). The van der Waals surface area contributed by atoms with Crippen molar-refractivity contribution in [2.45, 2.75) is 76.5 Å². The summed E-state index contributed by atoms with van der Waals surface area (Å²) in [5.41, 5.74) is 7.83. The molecule has 4 nitrogen and oxygen atoms in total. The number of nitrogens with zero attached hydrogens (tertiary/aromatic N) is 1. The van der Waals surface area contributed by atoms with Gasteiger partial charge in [0.1, 0.15) is 0 Å². The molecule has 2 atom stereocenters. The van der Waals surface area contributed by atoms with Gasteiger partial charge in [-0.15, -0.1) is 0 Å². The predicted octanol–water partition coefficient (Wildman–Crippen LogP) is 4.63. The van der Waals surface area contributed by atoms with E-state index in [0.717, 1.165) is 25.1 Å². The van der Waals surface area contributed by atoms with Crippen molar-refractivity contribution in [2.75, 3.05) is 31.1 Å². The second-order valence-corrected chi connectivity index (χ2v) is 10.5. The third-order valence-electron chi connectivity index (χ3n) is 6.38. The van der Waals surface area contributed by atoms with Crippen LogP contribution in [0.15, 0.2) is 23.1 Å². The average molecular weight is 395 g/mol. The highest BCUT2D eigenvalue weighted by Gasteiger charge is 2.39. The van der Waals surface area contributed by atoms with Crippen molar-refractivity contribution >= 4 is 15.5 Å². The van der Waals surface area contributed by atoms with E-state index in [1.54, 1.807) is 6.07 Å². The standard InChI is InChI=1S/C22H38N2O2S/c1-5-7-8-9-14-24-15-13-22(4,18(3)17-24)19-11-10-12-20(21(19)23)27(25,26)16-6-2/h10-12,18H,5-9,13-17,23H2,1-4H3. The number of hydrogen-bond donors (Lipinski definition) is 1. The molecule has 1 aromatic rings. The van der Waals surface area contributed by atoms with Gasteiger partial charge in [0.2, 0.25) is 0 Å². The highest BCUT2D eigenvalue weighted by Crippen LogP contribution is 2.43. The lowest BCUT2D eigenvalue weighted by Crippen LogP contribution is -2.47. The van der Waals surface area contributed by atoms with Gasteiger partial charge in [-0.2, -0.15) is 0 Å². The number of benzene rings is 1. The summed E-state index contributed by atoms with van der Waals surface area (Å²) in [4.78, 5) is 2.88. The number of piperidine rings is 1. The van der Waals surface area contributed by atoms with Crippen LogP contribution >= 0.6 is 0 Å². The Hall–Kier alpha value is -1.07. The maximum Gasteiger partial charge on any atom is 0.180 e. The van der Waals surface area contributed by atoms with Crippen LogP contribution in [0.5, 0.6) is 0 Å². The van der Waals surface area contributed by atoms with Gasteiger partial charge >= 0.3 is 0 Å². The van der Waals surface area contributed by atoms with Crippen molar-refractivity contribution < 1.29 is 8.42 Å². The molecule has 0 spiro atoms. The van der Waals surface area contributed by atoms with Gasteiger partial charge in [-0.25, -0.2) is 8.42 Å². The molecular weight excluding hydrogens is 356 g/mol. The Balaban J connectivity index is 2.18. The molecule has 1 aliphatic heterocycles. The molecule has 2 N–H and O–H groups in total. The molecule has 0 bridgehead atoms. The van der Waals surface area contributed by atoms with E-state index in [4.69, 9.17) is 5.73 Å². The minimum Gasteiger partial charge on any atom is -0.397 e. The van der Waals surface area contributed by atoms with E-state index in [2.05, 4.69) is 25.7 Å². The summed E-state index contributed by atoms with van der Waals surface area (Å²) in [7, 11) is -3.31. The van der Waals surface area contributed by atoms with Crippen LogP contribution in [0.1, 0.15) is 71.8 Å². The number of nitrogen functional groups attached to an aromatic ring is 1. The fourth-order valence-corrected chi connectivity index (χ4v) is 5.86. The van der Waals surface area contributed by atoms with Gasteiger partial charge in [-0.3, -0.25) is 0 Å². The van der Waals surface area contributed by atoms with Crippen molar-refractivity contribution in [3.63, 3.8) is 0 Å². The maximum atomic E-state index is 12.6. The third-order valence-corrected chi connectivity index (χ3v) is 8.36. The van der Waals surface area contributed by atoms with Crippen molar-refractivity contribution in [3.8, 4) is 0 Å². The Labute approximate surface area is 166 Å². The van der Waals surface area contributed by atoms with Gasteiger partial charge in [0.05, 0.1) is 16.3 Å². The molecular formula is C22H38N2O2S. The number of rotatable bonds is 9. The Kier molecular flexibility index (Phi) is 7.75. The van der Waals surface area contributed by atoms with Gasteiger partial charge in [-0.1, -0.05) is 59.1 Å². The lowest BCUT2D eigenvalue weighted by atomic mass is 9.67. The van der Waals surface area contributed by atoms with Crippen LogP contribution in [0, 0.1) is 5.92 Å². The van der Waals surface area contributed by atoms with E-state index in [0.29, 0.717) is 22.9 Å². The van der Waals surface area contributed by atoms with Crippen LogP contribution in [0.25, 0.3) is 0 Å². The Bertz CT molecular complexity index is 717. The number of unbranched alkanes of at least 4 members (excludes halogenated alkanes) is 3. The largest absolute Gasteiger partial charge is 0.397 e. The number of likely N-dealkylation sites (tertiary alicyclic amines) is 1. The van der Waals surface area contributed by atoms with Gasteiger partial charge in [0.25, 0.3) is 0 Å². The summed E-state index contributed by atoms with van der Waals surface area (Å²) in [6.07, 6.45) is 6.78. The SMILES string of the molecule is CCCCCCN1CCC(C)(c2cccc(S(=O)(=O)CCC)c2N)C(C)C1. The number of hydrogen-bond acceptors (Lipinski definition) is 4. The van der Waals surface area contributed by atoms with Crippen molar-refractivity contribution in [2.24, 2.45) is 5.92 Å². The monoisotopic (exact) mass is 394 g/mol. The first-order valence-corrected chi connectivity index (χ1v) is 12.3. The van der Waals surface area contributed by atoms with E-state index in [1.165, 1.54) is 32.2 Å². The molecule has 1 aromatic carbocycles. The fourth-order valence-electron chi connectivity index (χ4n) is 4.37. The zero-order chi connectivity index (χ0) is 20.1. The number of para-hydroxylation sites is 1. The maximum absolute atomic E-state index is 12.6. The summed E-state index contributed by atoms with van der Waals surface area (Å²) in [5.74, 6) is 0.585. The normalized spacial score (nSPS) is 24.2. The third kappa shape index (κ3) is 5.05. The average Bonchev–Trinajstić information content (AvgIpc) is 2.61. The first-order valence-electron chi connectivity index (χ1n) is 10.6. The molecule has 1 heterocycles. The zero-order valence-corrected chi connectivity index (χ0v) is 18.4. The smallest absolute Gasteiger partial charge is 0.180 e. The van der Waals surface area contributed by atoms with Crippen LogP contribution in [0.2, 0.25) is 0 Å². The molecule has 0 amide bonds. The van der Waals surface area contributed by atoms with Gasteiger partial charge in [0, 0.05) is 6.54 Å². The lowest BCUT2D eigenvalue weighted by molar-refractivity contribution is 0.110. The van der Waals surface area contributed by atoms with Crippen LogP contribution < -0.4 is 5.73 Å². The minimum absolute atomic E-state index is 0.0816. The molecule has 5 heteroatoms. The second kappa shape index (κ2) is 9.42. The van der Waals surface area contributed by atoms with E-state index in [9.17, 15) is 8.42 Å². The number of sulfone groups is 1. The summed E-state index contributed by atoms with van der Waals surface area (Å²) in [5, 5.41) is 0. The summed E-state index contributed by atoms with van der Waals surface area (Å²) in [6, 6.07) is 5.57. The molecule has 27 heavy (non-hydrogen) atoms. The van der Waals surface area contributed by atoms with Crippen molar-refractivity contribution in [1.29, 1.82) is 0 Å². The lowest BCUT2D eigenvalue weighted by Gasteiger charge is -2.45. The van der Waals surface area contributed by atoms with Gasteiger partial charge in [-0.05, 0) is 55.3 Å². The predicted molar refractivity (Wildman–Crippen MR) is 115 cm³/mol. The first-order chi connectivity index (χ1) is 12.8. The molecule has 0 saturated carbocycles. The molecule has 2 unspecified atom stereocenters. The molecule has 154 valence electrons. The topological polar surface area (TPSA) is 63.4 Å². The van der Waals surface area contributed by atoms with Crippen LogP contribution in [-0.2, 0) is 15.3 Å². The van der Waals surface area contributed by atoms with E-state index < -0.39 is 9.84 Å². The highest BCUT2D eigenvalue weighted by molar-refractivity contribution is 7.91. The first kappa shape index (κ1) is 22.2.